The maximum absolute atomic E-state index is 15.0. The number of pyridine rings is 1. The molecule has 3 aromatic carbocycles. The highest BCUT2D eigenvalue weighted by Gasteiger charge is 2.21. The van der Waals surface area contributed by atoms with E-state index in [2.05, 4.69) is 9.97 Å². The van der Waals surface area contributed by atoms with Crippen molar-refractivity contribution in [1.82, 2.24) is 24.3 Å². The van der Waals surface area contributed by atoms with E-state index in [0.29, 0.717) is 33.4 Å². The summed E-state index contributed by atoms with van der Waals surface area (Å²) in [4.78, 5) is 22.3. The second-order valence-corrected chi connectivity index (χ2v) is 9.30. The molecule has 0 unspecified atom stereocenters. The van der Waals surface area contributed by atoms with Gasteiger partial charge in [-0.15, -0.1) is 0 Å². The van der Waals surface area contributed by atoms with Crippen LogP contribution in [0.4, 0.5) is 10.2 Å². The van der Waals surface area contributed by atoms with Gasteiger partial charge in [0.05, 0.1) is 28.0 Å². The molecular weight excluding hydrogens is 507 g/mol. The van der Waals surface area contributed by atoms with E-state index < -0.39 is 5.82 Å². The van der Waals surface area contributed by atoms with Crippen LogP contribution in [0.2, 0.25) is 5.02 Å². The zero-order valence-electron chi connectivity index (χ0n) is 20.1. The van der Waals surface area contributed by atoms with Gasteiger partial charge in [-0.25, -0.2) is 19.0 Å². The first-order valence-electron chi connectivity index (χ1n) is 11.7. The van der Waals surface area contributed by atoms with Gasteiger partial charge in [0.1, 0.15) is 29.4 Å². The van der Waals surface area contributed by atoms with Crippen molar-refractivity contribution in [2.24, 2.45) is 0 Å². The molecule has 3 aromatic heterocycles. The Kier molecular flexibility index (Phi) is 5.57. The predicted octanol–water partition coefficient (Wildman–Crippen LogP) is 5.23. The van der Waals surface area contributed by atoms with Crippen molar-refractivity contribution in [2.75, 3.05) is 5.73 Å². The third-order valence-corrected chi connectivity index (χ3v) is 6.82. The zero-order chi connectivity index (χ0) is 26.6. The first kappa shape index (κ1) is 23.6. The number of nitrogens with zero attached hydrogens (tertiary/aromatic N) is 5. The van der Waals surface area contributed by atoms with E-state index in [4.69, 9.17) is 22.4 Å². The highest BCUT2D eigenvalue weighted by molar-refractivity contribution is 6.32. The molecule has 188 valence electrons. The lowest BCUT2D eigenvalue weighted by molar-refractivity contribution is 0.475. The summed E-state index contributed by atoms with van der Waals surface area (Å²) in [6.45, 7) is 1.93. The monoisotopic (exact) mass is 526 g/mol. The van der Waals surface area contributed by atoms with Gasteiger partial charge in [-0.2, -0.15) is 5.10 Å². The molecule has 0 spiro atoms. The number of para-hydroxylation sites is 1. The minimum Gasteiger partial charge on any atom is -0.506 e. The molecular formula is C28H20ClFN6O2. The number of benzene rings is 3. The van der Waals surface area contributed by atoms with E-state index in [-0.39, 0.29) is 34.4 Å². The summed E-state index contributed by atoms with van der Waals surface area (Å²) in [5, 5.41) is 16.5. The zero-order valence-corrected chi connectivity index (χ0v) is 20.8. The molecule has 8 nitrogen and oxygen atoms in total. The van der Waals surface area contributed by atoms with Crippen molar-refractivity contribution in [3.63, 3.8) is 0 Å². The highest BCUT2D eigenvalue weighted by Crippen LogP contribution is 2.34. The highest BCUT2D eigenvalue weighted by atomic mass is 35.5. The first-order valence-corrected chi connectivity index (χ1v) is 12.1. The summed E-state index contributed by atoms with van der Waals surface area (Å²) in [6.07, 6.45) is 1.33. The van der Waals surface area contributed by atoms with Gasteiger partial charge in [0.25, 0.3) is 5.56 Å². The van der Waals surface area contributed by atoms with E-state index in [9.17, 15) is 9.90 Å². The maximum atomic E-state index is 15.0. The molecule has 0 aliphatic heterocycles. The SMILES string of the molecule is Cc1cccc2cc(Cn3nc(-c4ccc(O)c(Cl)c4)c4c(N)ncnc43)n(-c3ccccc3F)c(=O)c12. The number of phenolic OH excluding ortho intramolecular Hbond substituents is 1. The Bertz CT molecular complexity index is 1950. The molecule has 0 saturated carbocycles. The number of phenols is 1. The lowest BCUT2D eigenvalue weighted by atomic mass is 10.1. The van der Waals surface area contributed by atoms with Crippen molar-refractivity contribution >= 4 is 39.2 Å². The van der Waals surface area contributed by atoms with Crippen LogP contribution in [0.5, 0.6) is 5.75 Å². The molecule has 10 heteroatoms. The fourth-order valence-corrected chi connectivity index (χ4v) is 4.93. The average Bonchev–Trinajstić information content (AvgIpc) is 3.26. The van der Waals surface area contributed by atoms with E-state index >= 15 is 4.39 Å². The van der Waals surface area contributed by atoms with Crippen LogP contribution in [-0.2, 0) is 6.54 Å². The lowest BCUT2D eigenvalue weighted by Crippen LogP contribution is -2.25. The largest absolute Gasteiger partial charge is 0.506 e. The van der Waals surface area contributed by atoms with Gasteiger partial charge >= 0.3 is 0 Å². The molecule has 6 rings (SSSR count). The summed E-state index contributed by atoms with van der Waals surface area (Å²) in [5.41, 5.74) is 8.79. The molecule has 0 aliphatic rings. The quantitative estimate of drug-likeness (QED) is 0.325. The van der Waals surface area contributed by atoms with Crippen LogP contribution < -0.4 is 11.3 Å². The number of aromatic nitrogens is 5. The Morgan fingerprint density at radius 2 is 1.84 bits per heavy atom. The van der Waals surface area contributed by atoms with Crippen molar-refractivity contribution in [3.05, 3.63) is 106 Å². The Labute approximate surface area is 220 Å². The number of halogens is 2. The molecule has 0 aliphatic carbocycles. The third kappa shape index (κ3) is 3.75. The van der Waals surface area contributed by atoms with Gasteiger partial charge in [0.15, 0.2) is 5.65 Å². The van der Waals surface area contributed by atoms with Gasteiger partial charge in [-0.1, -0.05) is 41.9 Å². The van der Waals surface area contributed by atoms with Crippen LogP contribution in [0.1, 0.15) is 11.3 Å². The van der Waals surface area contributed by atoms with Crippen LogP contribution >= 0.6 is 11.6 Å². The minimum absolute atomic E-state index is 0.0660. The number of nitrogen functional groups attached to an aromatic ring is 1. The topological polar surface area (TPSA) is 112 Å². The fraction of sp³-hybridized carbons (Fsp3) is 0.0714. The summed E-state index contributed by atoms with van der Waals surface area (Å²) < 4.78 is 18.0. The molecule has 0 bridgehead atoms. The minimum atomic E-state index is -0.528. The van der Waals surface area contributed by atoms with Gasteiger partial charge < -0.3 is 10.8 Å². The average molecular weight is 527 g/mol. The number of aryl methyl sites for hydroxylation is 1. The predicted molar refractivity (Wildman–Crippen MR) is 145 cm³/mol. The normalized spacial score (nSPS) is 11.4. The van der Waals surface area contributed by atoms with E-state index in [1.54, 1.807) is 35.0 Å². The van der Waals surface area contributed by atoms with Crippen molar-refractivity contribution in [1.29, 1.82) is 0 Å². The molecule has 0 atom stereocenters. The van der Waals surface area contributed by atoms with Crippen molar-refractivity contribution in [2.45, 2.75) is 13.5 Å². The smallest absolute Gasteiger partial charge is 0.263 e. The molecule has 3 heterocycles. The number of rotatable bonds is 4. The number of hydrogen-bond acceptors (Lipinski definition) is 6. The molecule has 0 saturated heterocycles. The van der Waals surface area contributed by atoms with Crippen LogP contribution in [0.25, 0.3) is 38.8 Å². The molecule has 0 radical (unpaired) electrons. The van der Waals surface area contributed by atoms with Crippen LogP contribution in [0, 0.1) is 12.7 Å². The van der Waals surface area contributed by atoms with Crippen molar-refractivity contribution < 1.29 is 9.50 Å². The van der Waals surface area contributed by atoms with E-state index in [1.807, 2.05) is 31.2 Å². The Morgan fingerprint density at radius 1 is 1.03 bits per heavy atom. The van der Waals surface area contributed by atoms with Gasteiger partial charge in [-0.3, -0.25) is 9.36 Å². The maximum Gasteiger partial charge on any atom is 0.263 e. The molecule has 6 aromatic rings. The molecule has 0 amide bonds. The van der Waals surface area contributed by atoms with Gasteiger partial charge in [0, 0.05) is 11.3 Å². The summed E-state index contributed by atoms with van der Waals surface area (Å²) in [5.74, 6) is -0.384. The first-order chi connectivity index (χ1) is 18.3. The molecule has 0 fully saturated rings. The second-order valence-electron chi connectivity index (χ2n) is 8.90. The summed E-state index contributed by atoms with van der Waals surface area (Å²) in [7, 11) is 0. The number of fused-ring (bicyclic) bond motifs is 2. The van der Waals surface area contributed by atoms with E-state index in [1.165, 1.54) is 23.0 Å². The third-order valence-electron chi connectivity index (χ3n) is 6.52. The number of anilines is 1. The fourth-order valence-electron chi connectivity index (χ4n) is 4.75. The number of aromatic hydroxyl groups is 1. The summed E-state index contributed by atoms with van der Waals surface area (Å²) in [6, 6.07) is 18.3. The lowest BCUT2D eigenvalue weighted by Gasteiger charge is -2.16. The standard InChI is InChI=1S/C28H20ClFN6O2/c1-15-5-4-6-16-11-18(36(28(38)23(15)16)21-8-3-2-7-20(21)30)13-35-27-24(26(31)32-14-33-27)25(34-35)17-9-10-22(37)19(29)12-17/h2-12,14,37H,13H2,1H3,(H2,31,32,33). The van der Waals surface area contributed by atoms with Crippen molar-refractivity contribution in [3.8, 4) is 22.7 Å². The summed E-state index contributed by atoms with van der Waals surface area (Å²) >= 11 is 6.16. The Balaban J connectivity index is 1.62. The molecule has 3 N–H and O–H groups in total. The van der Waals surface area contributed by atoms with E-state index in [0.717, 1.165) is 10.9 Å². The van der Waals surface area contributed by atoms with Crippen LogP contribution in [0.15, 0.2) is 77.9 Å². The number of hydrogen-bond donors (Lipinski definition) is 2. The van der Waals surface area contributed by atoms with Crippen LogP contribution in [0.3, 0.4) is 0 Å². The van der Waals surface area contributed by atoms with Gasteiger partial charge in [-0.05, 0) is 54.3 Å². The molecule has 38 heavy (non-hydrogen) atoms. The van der Waals surface area contributed by atoms with Gasteiger partial charge in [0.2, 0.25) is 0 Å². The van der Waals surface area contributed by atoms with Crippen LogP contribution in [-0.4, -0.2) is 29.4 Å². The number of nitrogens with two attached hydrogens (primary N) is 1. The Morgan fingerprint density at radius 3 is 2.63 bits per heavy atom. The second kappa shape index (κ2) is 8.97. The Hall–Kier alpha value is -4.76.